The summed E-state index contributed by atoms with van der Waals surface area (Å²) in [6.07, 6.45) is 0. The number of nitrogens with two attached hydrogens (primary N) is 1. The highest BCUT2D eigenvalue weighted by Crippen LogP contribution is 2.24. The second kappa shape index (κ2) is 6.60. The Morgan fingerprint density at radius 3 is 2.55 bits per heavy atom. The van der Waals surface area contributed by atoms with E-state index in [-0.39, 0.29) is 12.1 Å². The van der Waals surface area contributed by atoms with Crippen LogP contribution in [0.25, 0.3) is 10.8 Å². The molecule has 2 N–H and O–H groups in total. The number of hydrogen-bond acceptors (Lipinski definition) is 4. The van der Waals surface area contributed by atoms with Crippen LogP contribution in [0.2, 0.25) is 5.02 Å². The molecule has 2 atom stereocenters. The summed E-state index contributed by atoms with van der Waals surface area (Å²) in [4.78, 5) is 0.997. The Bertz CT molecular complexity index is 724. The molecule has 3 rings (SSSR count). The lowest BCUT2D eigenvalue weighted by Gasteiger charge is -2.14. The van der Waals surface area contributed by atoms with Crippen molar-refractivity contribution in [2.24, 2.45) is 0 Å². The summed E-state index contributed by atoms with van der Waals surface area (Å²) in [6, 6.07) is 12.2. The van der Waals surface area contributed by atoms with E-state index >= 15 is 0 Å². The molecule has 0 amide bonds. The van der Waals surface area contributed by atoms with E-state index in [4.69, 9.17) is 16.0 Å². The maximum Gasteiger partial charge on any atom is 0.274 e. The largest absolute Gasteiger partial charge is 0.414 e. The van der Waals surface area contributed by atoms with Gasteiger partial charge in [0.2, 0.25) is 0 Å². The van der Waals surface area contributed by atoms with Crippen LogP contribution in [0, 0.1) is 0 Å². The molecule has 4 nitrogen and oxygen atoms in total. The zero-order valence-electron chi connectivity index (χ0n) is 12.4. The Balaban J connectivity index is 1.69. The predicted octanol–water partition coefficient (Wildman–Crippen LogP) is 3.84. The molecule has 0 saturated carbocycles. The summed E-state index contributed by atoms with van der Waals surface area (Å²) in [5.74, 6) is 1.23. The first-order valence-electron chi connectivity index (χ1n) is 7.11. The Kier molecular flexibility index (Phi) is 4.57. The Morgan fingerprint density at radius 1 is 1.09 bits per heavy atom. The lowest BCUT2D eigenvalue weighted by Crippen LogP contribution is -2.85. The van der Waals surface area contributed by atoms with Crippen LogP contribution < -0.4 is 5.32 Å². The lowest BCUT2D eigenvalue weighted by molar-refractivity contribution is -0.730. The van der Waals surface area contributed by atoms with Crippen molar-refractivity contribution in [2.75, 3.05) is 0 Å². The Morgan fingerprint density at radius 2 is 1.86 bits per heavy atom. The second-order valence-electron chi connectivity index (χ2n) is 5.24. The molecule has 114 valence electrons. The molecule has 2 aromatic heterocycles. The maximum absolute atomic E-state index is 5.93. The fourth-order valence-corrected chi connectivity index (χ4v) is 3.08. The quantitative estimate of drug-likeness (QED) is 0.771. The highest BCUT2D eigenvalue weighted by atomic mass is 35.5. The first kappa shape index (κ1) is 15.2. The van der Waals surface area contributed by atoms with Crippen LogP contribution in [-0.4, -0.2) is 10.2 Å². The average molecular weight is 335 g/mol. The maximum atomic E-state index is 5.93. The van der Waals surface area contributed by atoms with Gasteiger partial charge in [-0.15, -0.1) is 21.5 Å². The van der Waals surface area contributed by atoms with Gasteiger partial charge >= 0.3 is 0 Å². The van der Waals surface area contributed by atoms with Gasteiger partial charge < -0.3 is 9.73 Å². The highest BCUT2D eigenvalue weighted by Gasteiger charge is 2.21. The van der Waals surface area contributed by atoms with Gasteiger partial charge in [-0.2, -0.15) is 0 Å². The molecule has 0 radical (unpaired) electrons. The molecule has 22 heavy (non-hydrogen) atoms. The molecule has 6 heteroatoms. The van der Waals surface area contributed by atoms with E-state index in [0.29, 0.717) is 11.8 Å². The first-order valence-corrected chi connectivity index (χ1v) is 8.37. The molecule has 0 spiro atoms. The van der Waals surface area contributed by atoms with E-state index in [1.54, 1.807) is 11.3 Å². The molecule has 0 bridgehead atoms. The second-order valence-corrected chi connectivity index (χ2v) is 6.63. The van der Waals surface area contributed by atoms with E-state index in [0.717, 1.165) is 9.90 Å². The third-order valence-electron chi connectivity index (χ3n) is 3.54. The molecule has 1 aromatic carbocycles. The van der Waals surface area contributed by atoms with Gasteiger partial charge in [-0.25, -0.2) is 0 Å². The van der Waals surface area contributed by atoms with Gasteiger partial charge in [0.15, 0.2) is 6.04 Å². The van der Waals surface area contributed by atoms with E-state index in [1.165, 1.54) is 5.56 Å². The Labute approximate surface area is 138 Å². The van der Waals surface area contributed by atoms with Crippen LogP contribution in [0.4, 0.5) is 0 Å². The molecule has 0 saturated heterocycles. The lowest BCUT2D eigenvalue weighted by atomic mass is 10.1. The van der Waals surface area contributed by atoms with E-state index < -0.39 is 0 Å². The molecule has 0 unspecified atom stereocenters. The molecular weight excluding hydrogens is 318 g/mol. The summed E-state index contributed by atoms with van der Waals surface area (Å²) in [5.41, 5.74) is 1.22. The van der Waals surface area contributed by atoms with Gasteiger partial charge in [-0.05, 0) is 37.4 Å². The van der Waals surface area contributed by atoms with Crippen molar-refractivity contribution < 1.29 is 9.73 Å². The minimum Gasteiger partial charge on any atom is -0.414 e. The summed E-state index contributed by atoms with van der Waals surface area (Å²) in [6.45, 7) is 4.22. The molecular formula is C16H17ClN3OS+. The van der Waals surface area contributed by atoms with E-state index in [1.807, 2.05) is 41.8 Å². The van der Waals surface area contributed by atoms with Gasteiger partial charge in [-0.3, -0.25) is 0 Å². The van der Waals surface area contributed by atoms with Crippen molar-refractivity contribution in [1.82, 2.24) is 10.2 Å². The SMILES string of the molecule is C[C@H]([NH2+][C@H](C)c1nnc(-c2cccs2)o1)c1ccc(Cl)cc1. The zero-order chi connectivity index (χ0) is 15.5. The van der Waals surface area contributed by atoms with Gasteiger partial charge in [0, 0.05) is 10.6 Å². The molecule has 0 aliphatic carbocycles. The van der Waals surface area contributed by atoms with Crippen LogP contribution >= 0.6 is 22.9 Å². The third kappa shape index (κ3) is 3.38. The topological polar surface area (TPSA) is 55.5 Å². The number of nitrogens with zero attached hydrogens (tertiary/aromatic N) is 2. The molecule has 0 aliphatic heterocycles. The number of halogens is 1. The fraction of sp³-hybridized carbons (Fsp3) is 0.250. The number of quaternary nitrogens is 1. The van der Waals surface area contributed by atoms with Crippen molar-refractivity contribution in [2.45, 2.75) is 25.9 Å². The Hall–Kier alpha value is -1.69. The molecule has 0 fully saturated rings. The van der Waals surface area contributed by atoms with E-state index in [9.17, 15) is 0 Å². The van der Waals surface area contributed by atoms with Crippen molar-refractivity contribution in [3.8, 4) is 10.8 Å². The van der Waals surface area contributed by atoms with Gasteiger partial charge in [0.05, 0.1) is 4.88 Å². The zero-order valence-corrected chi connectivity index (χ0v) is 13.9. The highest BCUT2D eigenvalue weighted by molar-refractivity contribution is 7.13. The van der Waals surface area contributed by atoms with Crippen molar-refractivity contribution in [3.05, 3.63) is 58.3 Å². The van der Waals surface area contributed by atoms with Gasteiger partial charge in [0.25, 0.3) is 11.8 Å². The first-order chi connectivity index (χ1) is 10.6. The average Bonchev–Trinajstić information content (AvgIpc) is 3.19. The van der Waals surface area contributed by atoms with Crippen molar-refractivity contribution in [3.63, 3.8) is 0 Å². The number of rotatable bonds is 5. The minimum absolute atomic E-state index is 0.0897. The number of benzene rings is 1. The number of aromatic nitrogens is 2. The standard InChI is InChI=1S/C16H16ClN3OS/c1-10(12-5-7-13(17)8-6-12)18-11(2)15-19-20-16(21-15)14-4-3-9-22-14/h3-11,18H,1-2H3/p+1/t10-,11+/m0/s1. The number of thiophene rings is 1. The van der Waals surface area contributed by atoms with Crippen molar-refractivity contribution in [1.29, 1.82) is 0 Å². The third-order valence-corrected chi connectivity index (χ3v) is 4.65. The summed E-state index contributed by atoms with van der Waals surface area (Å²) in [7, 11) is 0. The normalized spacial score (nSPS) is 14.0. The van der Waals surface area contributed by atoms with Crippen LogP contribution in [0.1, 0.15) is 37.4 Å². The van der Waals surface area contributed by atoms with E-state index in [2.05, 4.69) is 29.4 Å². The van der Waals surface area contributed by atoms with Crippen LogP contribution in [0.3, 0.4) is 0 Å². The van der Waals surface area contributed by atoms with Crippen LogP contribution in [0.5, 0.6) is 0 Å². The fourth-order valence-electron chi connectivity index (χ4n) is 2.31. The predicted molar refractivity (Wildman–Crippen MR) is 87.8 cm³/mol. The van der Waals surface area contributed by atoms with Crippen molar-refractivity contribution >= 4 is 22.9 Å². The van der Waals surface area contributed by atoms with Crippen LogP contribution in [0.15, 0.2) is 46.2 Å². The summed E-state index contributed by atoms with van der Waals surface area (Å²) < 4.78 is 5.78. The smallest absolute Gasteiger partial charge is 0.274 e. The molecule has 2 heterocycles. The summed E-state index contributed by atoms with van der Waals surface area (Å²) in [5, 5.41) is 13.3. The summed E-state index contributed by atoms with van der Waals surface area (Å²) >= 11 is 7.52. The monoisotopic (exact) mass is 334 g/mol. The van der Waals surface area contributed by atoms with Gasteiger partial charge in [-0.1, -0.05) is 29.8 Å². The van der Waals surface area contributed by atoms with Crippen LogP contribution in [-0.2, 0) is 0 Å². The van der Waals surface area contributed by atoms with Gasteiger partial charge in [0.1, 0.15) is 6.04 Å². The molecule has 3 aromatic rings. The number of hydrogen-bond donors (Lipinski definition) is 1. The molecule has 0 aliphatic rings. The minimum atomic E-state index is 0.0897.